The molecule has 2 heterocycles. The molecule has 2 aliphatic rings. The molecule has 1 fully saturated rings. The number of piperazine rings is 1. The smallest absolute Gasteiger partial charge is 0.257 e. The van der Waals surface area contributed by atoms with Crippen LogP contribution in [0.15, 0.2) is 84.0 Å². The summed E-state index contributed by atoms with van der Waals surface area (Å²) >= 11 is 0. The molecule has 0 radical (unpaired) electrons. The van der Waals surface area contributed by atoms with Gasteiger partial charge in [0.25, 0.3) is 5.91 Å². The maximum absolute atomic E-state index is 14.1. The van der Waals surface area contributed by atoms with Gasteiger partial charge in [-0.3, -0.25) is 9.69 Å². The van der Waals surface area contributed by atoms with Crippen molar-refractivity contribution in [1.82, 2.24) is 9.91 Å². The monoisotopic (exact) mass is 460 g/mol. The molecule has 1 saturated heterocycles. The molecule has 1 amide bonds. The highest BCUT2D eigenvalue weighted by molar-refractivity contribution is 6.03. The zero-order chi connectivity index (χ0) is 23.5. The maximum Gasteiger partial charge on any atom is 0.257 e. The standard InChI is InChI=1S/C27H26F2N4O/c28-22-12-10-20(11-13-22)24-18-26(21-6-2-1-3-7-21)33(30-24)27(34)19-31-14-16-32(17-15-31)25-9-5-4-8-23(25)29/h1-13,26H,14-19H2. The van der Waals surface area contributed by atoms with Crippen LogP contribution in [0.4, 0.5) is 14.5 Å². The quantitative estimate of drug-likeness (QED) is 0.564. The number of hydrazone groups is 1. The molecule has 7 heteroatoms. The van der Waals surface area contributed by atoms with Crippen LogP contribution >= 0.6 is 0 Å². The van der Waals surface area contributed by atoms with Gasteiger partial charge in [-0.25, -0.2) is 13.8 Å². The van der Waals surface area contributed by atoms with Crippen LogP contribution in [0.2, 0.25) is 0 Å². The number of benzene rings is 3. The summed E-state index contributed by atoms with van der Waals surface area (Å²) in [4.78, 5) is 17.5. The second-order valence-corrected chi connectivity index (χ2v) is 8.64. The number of hydrogen-bond donors (Lipinski definition) is 0. The minimum atomic E-state index is -0.301. The average Bonchev–Trinajstić information content (AvgIpc) is 3.32. The number of amides is 1. The number of carbonyl (C=O) groups excluding carboxylic acids is 1. The zero-order valence-electron chi connectivity index (χ0n) is 18.8. The van der Waals surface area contributed by atoms with Gasteiger partial charge in [-0.2, -0.15) is 5.10 Å². The molecule has 3 aromatic rings. The molecular weight excluding hydrogens is 434 g/mol. The Morgan fingerprint density at radius 3 is 2.24 bits per heavy atom. The normalized spacial score (nSPS) is 18.8. The van der Waals surface area contributed by atoms with Crippen molar-refractivity contribution in [3.8, 4) is 0 Å². The molecule has 0 bridgehead atoms. The van der Waals surface area contributed by atoms with E-state index in [2.05, 4.69) is 10.0 Å². The van der Waals surface area contributed by atoms with Crippen LogP contribution in [0.25, 0.3) is 0 Å². The van der Waals surface area contributed by atoms with Crippen molar-refractivity contribution in [3.63, 3.8) is 0 Å². The molecule has 174 valence electrons. The van der Waals surface area contributed by atoms with Crippen LogP contribution < -0.4 is 4.90 Å². The summed E-state index contributed by atoms with van der Waals surface area (Å²) in [5, 5.41) is 6.26. The number of rotatable bonds is 5. The Morgan fingerprint density at radius 1 is 0.853 bits per heavy atom. The molecule has 5 nitrogen and oxygen atoms in total. The van der Waals surface area contributed by atoms with E-state index in [1.165, 1.54) is 18.2 Å². The molecular formula is C27H26F2N4O. The lowest BCUT2D eigenvalue weighted by Gasteiger charge is -2.36. The van der Waals surface area contributed by atoms with Crippen molar-refractivity contribution in [2.24, 2.45) is 5.10 Å². The van der Waals surface area contributed by atoms with Crippen LogP contribution in [0, 0.1) is 11.6 Å². The fraction of sp³-hybridized carbons (Fsp3) is 0.259. The number of hydrogen-bond acceptors (Lipinski definition) is 4. The van der Waals surface area contributed by atoms with Gasteiger partial charge < -0.3 is 4.90 Å². The third-order valence-corrected chi connectivity index (χ3v) is 6.45. The molecule has 2 aliphatic heterocycles. The number of para-hydroxylation sites is 1. The topological polar surface area (TPSA) is 39.2 Å². The summed E-state index contributed by atoms with van der Waals surface area (Å²) in [6.45, 7) is 2.88. The fourth-order valence-corrected chi connectivity index (χ4v) is 4.61. The van der Waals surface area contributed by atoms with Crippen LogP contribution in [0.1, 0.15) is 23.6 Å². The molecule has 0 aromatic heterocycles. The fourth-order valence-electron chi connectivity index (χ4n) is 4.61. The molecule has 34 heavy (non-hydrogen) atoms. The predicted molar refractivity (Wildman–Crippen MR) is 129 cm³/mol. The van der Waals surface area contributed by atoms with E-state index in [0.29, 0.717) is 38.3 Å². The average molecular weight is 461 g/mol. The third kappa shape index (κ3) is 4.70. The predicted octanol–water partition coefficient (Wildman–Crippen LogP) is 4.46. The van der Waals surface area contributed by atoms with E-state index in [9.17, 15) is 13.6 Å². The first-order valence-electron chi connectivity index (χ1n) is 11.5. The second kappa shape index (κ2) is 9.73. The molecule has 5 rings (SSSR count). The Morgan fingerprint density at radius 2 is 1.53 bits per heavy atom. The second-order valence-electron chi connectivity index (χ2n) is 8.64. The van der Waals surface area contributed by atoms with Crippen molar-refractivity contribution in [3.05, 3.63) is 102 Å². The summed E-state index contributed by atoms with van der Waals surface area (Å²) in [6, 6.07) is 22.7. The van der Waals surface area contributed by atoms with E-state index in [-0.39, 0.29) is 30.1 Å². The highest BCUT2D eigenvalue weighted by atomic mass is 19.1. The van der Waals surface area contributed by atoms with E-state index >= 15 is 0 Å². The Hall–Kier alpha value is -3.58. The first-order valence-corrected chi connectivity index (χ1v) is 11.5. The van der Waals surface area contributed by atoms with Crippen molar-refractivity contribution in [1.29, 1.82) is 0 Å². The van der Waals surface area contributed by atoms with Gasteiger partial charge in [0.1, 0.15) is 11.6 Å². The molecule has 3 aromatic carbocycles. The van der Waals surface area contributed by atoms with Gasteiger partial charge in [0.15, 0.2) is 0 Å². The van der Waals surface area contributed by atoms with Gasteiger partial charge in [-0.15, -0.1) is 0 Å². The largest absolute Gasteiger partial charge is 0.367 e. The first-order chi connectivity index (χ1) is 16.6. The van der Waals surface area contributed by atoms with Gasteiger partial charge in [-0.1, -0.05) is 54.6 Å². The number of nitrogens with zero attached hydrogens (tertiary/aromatic N) is 4. The van der Waals surface area contributed by atoms with Crippen LogP contribution in [0.3, 0.4) is 0 Å². The van der Waals surface area contributed by atoms with Crippen molar-refractivity contribution in [2.45, 2.75) is 12.5 Å². The summed E-state index contributed by atoms with van der Waals surface area (Å²) in [5.74, 6) is -0.604. The van der Waals surface area contributed by atoms with Crippen LogP contribution in [-0.4, -0.2) is 54.3 Å². The minimum Gasteiger partial charge on any atom is -0.367 e. The van der Waals surface area contributed by atoms with Crippen molar-refractivity contribution >= 4 is 17.3 Å². The molecule has 1 atom stereocenters. The first kappa shape index (κ1) is 22.2. The molecule has 1 unspecified atom stereocenters. The molecule has 0 N–H and O–H groups in total. The Labute approximate surface area is 197 Å². The van der Waals surface area contributed by atoms with Gasteiger partial charge in [-0.05, 0) is 35.4 Å². The van der Waals surface area contributed by atoms with E-state index in [4.69, 9.17) is 0 Å². The number of halogens is 2. The Kier molecular flexibility index (Phi) is 6.36. The van der Waals surface area contributed by atoms with Gasteiger partial charge in [0.05, 0.1) is 24.0 Å². The zero-order valence-corrected chi connectivity index (χ0v) is 18.8. The summed E-state index contributed by atoms with van der Waals surface area (Å²) in [6.07, 6.45) is 0.572. The Bertz CT molecular complexity index is 1170. The van der Waals surface area contributed by atoms with E-state index in [0.717, 1.165) is 16.8 Å². The van der Waals surface area contributed by atoms with Gasteiger partial charge in [0, 0.05) is 32.6 Å². The minimum absolute atomic E-state index is 0.0784. The van der Waals surface area contributed by atoms with E-state index in [1.54, 1.807) is 29.3 Å². The maximum atomic E-state index is 14.1. The lowest BCUT2D eigenvalue weighted by Crippen LogP contribution is -2.49. The summed E-state index contributed by atoms with van der Waals surface area (Å²) in [7, 11) is 0. The van der Waals surface area contributed by atoms with E-state index < -0.39 is 0 Å². The highest BCUT2D eigenvalue weighted by Crippen LogP contribution is 2.33. The SMILES string of the molecule is O=C(CN1CCN(c2ccccc2F)CC1)N1N=C(c2ccc(F)cc2)CC1c1ccccc1. The van der Waals surface area contributed by atoms with E-state index in [1.807, 2.05) is 41.3 Å². The number of carbonyl (C=O) groups is 1. The molecule has 0 spiro atoms. The number of anilines is 1. The van der Waals surface area contributed by atoms with Crippen LogP contribution in [-0.2, 0) is 4.79 Å². The van der Waals surface area contributed by atoms with Gasteiger partial charge in [0.2, 0.25) is 0 Å². The summed E-state index contributed by atoms with van der Waals surface area (Å²) in [5.41, 5.74) is 3.20. The lowest BCUT2D eigenvalue weighted by atomic mass is 9.98. The third-order valence-electron chi connectivity index (χ3n) is 6.45. The van der Waals surface area contributed by atoms with Crippen LogP contribution in [0.5, 0.6) is 0 Å². The Balaban J connectivity index is 1.29. The molecule has 0 aliphatic carbocycles. The highest BCUT2D eigenvalue weighted by Gasteiger charge is 2.34. The van der Waals surface area contributed by atoms with Gasteiger partial charge >= 0.3 is 0 Å². The molecule has 0 saturated carbocycles. The summed E-state index contributed by atoms with van der Waals surface area (Å²) < 4.78 is 27.5. The van der Waals surface area contributed by atoms with Crippen molar-refractivity contribution in [2.75, 3.05) is 37.6 Å². The lowest BCUT2D eigenvalue weighted by molar-refractivity contribution is -0.134. The van der Waals surface area contributed by atoms with Crippen molar-refractivity contribution < 1.29 is 13.6 Å².